The van der Waals surface area contributed by atoms with Crippen molar-refractivity contribution in [2.45, 2.75) is 17.0 Å². The minimum Gasteiger partial charge on any atom is -0.355 e. The number of nitrogens with one attached hydrogen (secondary N) is 1. The molecule has 28 heavy (non-hydrogen) atoms. The zero-order chi connectivity index (χ0) is 19.9. The molecule has 1 N–H and O–H groups in total. The molecule has 3 aromatic rings. The summed E-state index contributed by atoms with van der Waals surface area (Å²) in [5.74, 6) is 1.88. The van der Waals surface area contributed by atoms with Crippen LogP contribution in [0, 0.1) is 6.92 Å². The first-order valence-corrected chi connectivity index (χ1v) is 11.1. The van der Waals surface area contributed by atoms with Gasteiger partial charge in [-0.2, -0.15) is 0 Å². The molecule has 0 aliphatic carbocycles. The van der Waals surface area contributed by atoms with Gasteiger partial charge in [0.25, 0.3) is 0 Å². The fraction of sp³-hybridized carbons (Fsp3) is 0.250. The highest BCUT2D eigenvalue weighted by atomic mass is 35.5. The topological polar surface area (TPSA) is 59.8 Å². The summed E-state index contributed by atoms with van der Waals surface area (Å²) in [5.41, 5.74) is 2.18. The molecule has 3 rings (SSSR count). The molecule has 8 heteroatoms. The molecule has 0 saturated carbocycles. The number of amides is 1. The van der Waals surface area contributed by atoms with Crippen molar-refractivity contribution in [3.63, 3.8) is 0 Å². The van der Waals surface area contributed by atoms with Crippen LogP contribution in [0.5, 0.6) is 0 Å². The van der Waals surface area contributed by atoms with E-state index in [9.17, 15) is 4.79 Å². The molecule has 0 unspecified atom stereocenters. The smallest absolute Gasteiger partial charge is 0.230 e. The van der Waals surface area contributed by atoms with E-state index in [1.165, 1.54) is 22.2 Å². The molecule has 5 nitrogen and oxygen atoms in total. The van der Waals surface area contributed by atoms with Gasteiger partial charge in [0.15, 0.2) is 11.0 Å². The number of benzene rings is 2. The Morgan fingerprint density at radius 1 is 1.07 bits per heavy atom. The summed E-state index contributed by atoms with van der Waals surface area (Å²) < 4.78 is 1.88. The molecular weight excluding hydrogens is 412 g/mol. The van der Waals surface area contributed by atoms with E-state index in [0.29, 0.717) is 22.5 Å². The third kappa shape index (κ3) is 5.77. The molecule has 0 saturated heterocycles. The lowest BCUT2D eigenvalue weighted by Crippen LogP contribution is -2.27. The number of aromatic nitrogens is 3. The van der Waals surface area contributed by atoms with Gasteiger partial charge in [-0.15, -0.1) is 22.0 Å². The lowest BCUT2D eigenvalue weighted by atomic mass is 10.2. The van der Waals surface area contributed by atoms with E-state index in [1.807, 2.05) is 35.9 Å². The van der Waals surface area contributed by atoms with E-state index in [-0.39, 0.29) is 5.91 Å². The molecule has 0 spiro atoms. The maximum absolute atomic E-state index is 12.1. The standard InChI is InChI=1S/C20H21ClN4OS2/c1-14-3-9-17(10-4-14)27-12-11-22-18(26)13-28-20-24-23-19(25(20)2)15-5-7-16(21)8-6-15/h3-10H,11-13H2,1-2H3,(H,22,26). The third-order valence-corrected chi connectivity index (χ3v) is 6.27. The molecule has 0 radical (unpaired) electrons. The van der Waals surface area contributed by atoms with E-state index >= 15 is 0 Å². The lowest BCUT2D eigenvalue weighted by molar-refractivity contribution is -0.118. The number of halogens is 1. The van der Waals surface area contributed by atoms with Gasteiger partial charge in [-0.05, 0) is 43.3 Å². The quantitative estimate of drug-likeness (QED) is 0.421. The molecule has 0 aliphatic rings. The van der Waals surface area contributed by atoms with Gasteiger partial charge in [0.05, 0.1) is 5.75 Å². The van der Waals surface area contributed by atoms with Crippen LogP contribution in [0.25, 0.3) is 11.4 Å². The van der Waals surface area contributed by atoms with Gasteiger partial charge in [-0.25, -0.2) is 0 Å². The largest absolute Gasteiger partial charge is 0.355 e. The second-order valence-corrected chi connectivity index (χ2v) is 8.72. The van der Waals surface area contributed by atoms with Gasteiger partial charge in [0.2, 0.25) is 5.91 Å². The number of thioether (sulfide) groups is 2. The van der Waals surface area contributed by atoms with Crippen molar-refractivity contribution in [1.82, 2.24) is 20.1 Å². The van der Waals surface area contributed by atoms with Crippen molar-refractivity contribution in [3.05, 3.63) is 59.1 Å². The van der Waals surface area contributed by atoms with Gasteiger partial charge in [-0.1, -0.05) is 41.1 Å². The second kappa shape index (κ2) is 10.0. The summed E-state index contributed by atoms with van der Waals surface area (Å²) in [4.78, 5) is 13.3. The van der Waals surface area contributed by atoms with Crippen molar-refractivity contribution in [1.29, 1.82) is 0 Å². The molecule has 1 heterocycles. The van der Waals surface area contributed by atoms with Gasteiger partial charge in [-0.3, -0.25) is 4.79 Å². The van der Waals surface area contributed by atoms with Crippen molar-refractivity contribution in [2.75, 3.05) is 18.1 Å². The van der Waals surface area contributed by atoms with Crippen LogP contribution in [-0.2, 0) is 11.8 Å². The van der Waals surface area contributed by atoms with Crippen LogP contribution in [0.3, 0.4) is 0 Å². The average molecular weight is 433 g/mol. The molecule has 146 valence electrons. The fourth-order valence-electron chi connectivity index (χ4n) is 2.47. The van der Waals surface area contributed by atoms with Gasteiger partial charge in [0, 0.05) is 34.8 Å². The number of hydrogen-bond acceptors (Lipinski definition) is 5. The first-order chi connectivity index (χ1) is 13.5. The Morgan fingerprint density at radius 3 is 2.50 bits per heavy atom. The van der Waals surface area contributed by atoms with Crippen LogP contribution >= 0.6 is 35.1 Å². The Morgan fingerprint density at radius 2 is 1.79 bits per heavy atom. The molecular formula is C20H21ClN4OS2. The van der Waals surface area contributed by atoms with Gasteiger partial charge < -0.3 is 9.88 Å². The number of carbonyl (C=O) groups excluding carboxylic acids is 1. The van der Waals surface area contributed by atoms with E-state index in [1.54, 1.807) is 11.8 Å². The van der Waals surface area contributed by atoms with Crippen LogP contribution in [0.2, 0.25) is 5.02 Å². The molecule has 0 atom stereocenters. The number of rotatable bonds is 8. The number of hydrogen-bond donors (Lipinski definition) is 1. The Balaban J connectivity index is 1.43. The van der Waals surface area contributed by atoms with Crippen LogP contribution in [0.15, 0.2) is 58.6 Å². The van der Waals surface area contributed by atoms with E-state index in [0.717, 1.165) is 17.1 Å². The number of nitrogens with zero attached hydrogens (tertiary/aromatic N) is 3. The first-order valence-electron chi connectivity index (χ1n) is 8.77. The summed E-state index contributed by atoms with van der Waals surface area (Å²) in [6, 6.07) is 15.8. The highest BCUT2D eigenvalue weighted by Crippen LogP contribution is 2.23. The average Bonchev–Trinajstić information content (AvgIpc) is 3.06. The predicted molar refractivity (Wildman–Crippen MR) is 117 cm³/mol. The summed E-state index contributed by atoms with van der Waals surface area (Å²) >= 11 is 9.04. The fourth-order valence-corrected chi connectivity index (χ4v) is 4.10. The van der Waals surface area contributed by atoms with Gasteiger partial charge in [0.1, 0.15) is 0 Å². The maximum atomic E-state index is 12.1. The van der Waals surface area contributed by atoms with E-state index in [4.69, 9.17) is 11.6 Å². The van der Waals surface area contributed by atoms with Crippen LogP contribution in [-0.4, -0.2) is 38.7 Å². The predicted octanol–water partition coefficient (Wildman–Crippen LogP) is 4.44. The zero-order valence-electron chi connectivity index (χ0n) is 15.7. The summed E-state index contributed by atoms with van der Waals surface area (Å²) in [7, 11) is 1.89. The van der Waals surface area contributed by atoms with Crippen molar-refractivity contribution in [3.8, 4) is 11.4 Å². The second-order valence-electron chi connectivity index (χ2n) is 6.17. The Hall–Kier alpha value is -1.96. The van der Waals surface area contributed by atoms with Crippen LogP contribution in [0.1, 0.15) is 5.56 Å². The Labute approximate surface area is 178 Å². The normalized spacial score (nSPS) is 10.8. The lowest BCUT2D eigenvalue weighted by Gasteiger charge is -2.06. The van der Waals surface area contributed by atoms with E-state index < -0.39 is 0 Å². The first kappa shape index (κ1) is 20.8. The zero-order valence-corrected chi connectivity index (χ0v) is 18.1. The monoisotopic (exact) mass is 432 g/mol. The van der Waals surface area contributed by atoms with Crippen LogP contribution in [0.4, 0.5) is 0 Å². The Bertz CT molecular complexity index is 926. The summed E-state index contributed by atoms with van der Waals surface area (Å²) in [6.07, 6.45) is 0. The summed E-state index contributed by atoms with van der Waals surface area (Å²) in [6.45, 7) is 2.70. The number of carbonyl (C=O) groups is 1. The number of aryl methyl sites for hydroxylation is 1. The SMILES string of the molecule is Cc1ccc(SCCNC(=O)CSc2nnc(-c3ccc(Cl)cc3)n2C)cc1. The van der Waals surface area contributed by atoms with Crippen molar-refractivity contribution in [2.24, 2.45) is 7.05 Å². The van der Waals surface area contributed by atoms with Crippen LogP contribution < -0.4 is 5.32 Å². The maximum Gasteiger partial charge on any atom is 0.230 e. The van der Waals surface area contributed by atoms with Crippen molar-refractivity contribution >= 4 is 41.0 Å². The molecule has 0 bridgehead atoms. The molecule has 1 amide bonds. The molecule has 0 aliphatic heterocycles. The highest BCUT2D eigenvalue weighted by Gasteiger charge is 2.12. The van der Waals surface area contributed by atoms with Gasteiger partial charge >= 0.3 is 0 Å². The minimum absolute atomic E-state index is 0.00875. The molecule has 0 fully saturated rings. The van der Waals surface area contributed by atoms with E-state index in [2.05, 4.69) is 46.7 Å². The van der Waals surface area contributed by atoms with Crippen molar-refractivity contribution < 1.29 is 4.79 Å². The minimum atomic E-state index is -0.00875. The third-order valence-electron chi connectivity index (χ3n) is 3.98. The Kier molecular flexibility index (Phi) is 7.42. The summed E-state index contributed by atoms with van der Waals surface area (Å²) in [5, 5.41) is 12.7. The molecule has 1 aromatic heterocycles. The highest BCUT2D eigenvalue weighted by molar-refractivity contribution is 7.99. The molecule has 2 aromatic carbocycles.